The quantitative estimate of drug-likeness (QED) is 0.881. The van der Waals surface area contributed by atoms with Gasteiger partial charge in [0.25, 0.3) is 6.43 Å². The number of phenols is 1. The number of rotatable bonds is 3. The van der Waals surface area contributed by atoms with Crippen molar-refractivity contribution < 1.29 is 13.9 Å². The molecule has 0 spiro atoms. The molecular weight excluding hydrogens is 332 g/mol. The average molecular weight is 346 g/mol. The minimum Gasteiger partial charge on any atom is -0.506 e. The monoisotopic (exact) mass is 345 g/mol. The predicted octanol–water partition coefficient (Wildman–Crippen LogP) is 2.24. The SMILES string of the molecule is N#Cc1ccc(Br)c([C@@H](C(F)F)N2CCNCC2)c1O. The average Bonchev–Trinajstić information content (AvgIpc) is 2.44. The van der Waals surface area contributed by atoms with E-state index in [0.29, 0.717) is 30.7 Å². The Morgan fingerprint density at radius 1 is 1.35 bits per heavy atom. The molecule has 1 aromatic rings. The van der Waals surface area contributed by atoms with Crippen molar-refractivity contribution in [1.82, 2.24) is 10.2 Å². The van der Waals surface area contributed by atoms with Crippen LogP contribution in [-0.2, 0) is 0 Å². The lowest BCUT2D eigenvalue weighted by Gasteiger charge is -2.35. The molecule has 2 rings (SSSR count). The van der Waals surface area contributed by atoms with E-state index in [1.165, 1.54) is 12.1 Å². The molecule has 4 nitrogen and oxygen atoms in total. The molecule has 20 heavy (non-hydrogen) atoms. The summed E-state index contributed by atoms with van der Waals surface area (Å²) >= 11 is 3.20. The van der Waals surface area contributed by atoms with Gasteiger partial charge in [-0.2, -0.15) is 5.26 Å². The number of benzene rings is 1. The standard InChI is InChI=1S/C13H14BrF2N3O/c14-9-2-1-8(7-17)12(20)10(9)11(13(15)16)19-5-3-18-4-6-19/h1-2,11,13,18,20H,3-6H2/t11-/m0/s1. The van der Waals surface area contributed by atoms with Crippen LogP contribution in [0.4, 0.5) is 8.78 Å². The van der Waals surface area contributed by atoms with Gasteiger partial charge in [-0.15, -0.1) is 0 Å². The Hall–Kier alpha value is -1.23. The largest absolute Gasteiger partial charge is 0.506 e. The highest BCUT2D eigenvalue weighted by atomic mass is 79.9. The lowest BCUT2D eigenvalue weighted by atomic mass is 10.0. The molecule has 1 aromatic carbocycles. The molecular formula is C13H14BrF2N3O. The maximum absolute atomic E-state index is 13.5. The predicted molar refractivity (Wildman–Crippen MR) is 73.7 cm³/mol. The molecule has 0 saturated carbocycles. The Kier molecular flexibility index (Phi) is 4.91. The van der Waals surface area contributed by atoms with Gasteiger partial charge >= 0.3 is 0 Å². The van der Waals surface area contributed by atoms with E-state index in [2.05, 4.69) is 21.2 Å². The van der Waals surface area contributed by atoms with Gasteiger partial charge in [0.1, 0.15) is 17.9 Å². The molecule has 7 heteroatoms. The van der Waals surface area contributed by atoms with E-state index < -0.39 is 12.5 Å². The third-order valence-electron chi connectivity index (χ3n) is 3.36. The molecule has 0 aromatic heterocycles. The van der Waals surface area contributed by atoms with Crippen LogP contribution in [0, 0.1) is 11.3 Å². The van der Waals surface area contributed by atoms with Gasteiger partial charge in [0, 0.05) is 36.2 Å². The fourth-order valence-corrected chi connectivity index (χ4v) is 2.94. The van der Waals surface area contributed by atoms with Crippen LogP contribution in [0.25, 0.3) is 0 Å². The molecule has 0 amide bonds. The van der Waals surface area contributed by atoms with E-state index in [9.17, 15) is 13.9 Å². The van der Waals surface area contributed by atoms with E-state index in [0.717, 1.165) is 0 Å². The highest BCUT2D eigenvalue weighted by Gasteiger charge is 2.34. The number of nitrogens with one attached hydrogen (secondary N) is 1. The van der Waals surface area contributed by atoms with Crippen molar-refractivity contribution in [3.63, 3.8) is 0 Å². The van der Waals surface area contributed by atoms with Crippen LogP contribution < -0.4 is 5.32 Å². The summed E-state index contributed by atoms with van der Waals surface area (Å²) in [6.45, 7) is 2.19. The van der Waals surface area contributed by atoms with Crippen LogP contribution in [-0.4, -0.2) is 42.6 Å². The zero-order valence-electron chi connectivity index (χ0n) is 10.6. The number of hydrogen-bond acceptors (Lipinski definition) is 4. The second-order valence-corrected chi connectivity index (χ2v) is 5.39. The number of piperazine rings is 1. The van der Waals surface area contributed by atoms with E-state index >= 15 is 0 Å². The molecule has 1 heterocycles. The van der Waals surface area contributed by atoms with Crippen molar-refractivity contribution in [1.29, 1.82) is 5.26 Å². The van der Waals surface area contributed by atoms with Crippen LogP contribution in [0.3, 0.4) is 0 Å². The summed E-state index contributed by atoms with van der Waals surface area (Å²) in [6, 6.07) is 3.52. The highest BCUT2D eigenvalue weighted by molar-refractivity contribution is 9.10. The number of halogens is 3. The number of aromatic hydroxyl groups is 1. The third-order valence-corrected chi connectivity index (χ3v) is 4.06. The van der Waals surface area contributed by atoms with Gasteiger partial charge in [-0.3, -0.25) is 4.90 Å². The summed E-state index contributed by atoms with van der Waals surface area (Å²) in [7, 11) is 0. The Morgan fingerprint density at radius 2 is 2.00 bits per heavy atom. The highest BCUT2D eigenvalue weighted by Crippen LogP contribution is 2.40. The number of hydrogen-bond donors (Lipinski definition) is 2. The van der Waals surface area contributed by atoms with E-state index in [4.69, 9.17) is 5.26 Å². The van der Waals surface area contributed by atoms with Gasteiger partial charge in [-0.25, -0.2) is 8.78 Å². The molecule has 1 aliphatic heterocycles. The van der Waals surface area contributed by atoms with Crippen molar-refractivity contribution in [2.45, 2.75) is 12.5 Å². The van der Waals surface area contributed by atoms with E-state index in [1.54, 1.807) is 4.90 Å². The number of nitrogens with zero attached hydrogens (tertiary/aromatic N) is 2. The first kappa shape index (κ1) is 15.2. The smallest absolute Gasteiger partial charge is 0.258 e. The van der Waals surface area contributed by atoms with Gasteiger partial charge < -0.3 is 10.4 Å². The Balaban J connectivity index is 2.46. The maximum atomic E-state index is 13.5. The second kappa shape index (κ2) is 6.48. The van der Waals surface area contributed by atoms with Crippen LogP contribution in [0.15, 0.2) is 16.6 Å². The van der Waals surface area contributed by atoms with Gasteiger partial charge in [-0.1, -0.05) is 15.9 Å². The summed E-state index contributed by atoms with van der Waals surface area (Å²) in [5.41, 5.74) is 0.0879. The van der Waals surface area contributed by atoms with Crippen molar-refractivity contribution in [2.75, 3.05) is 26.2 Å². The van der Waals surface area contributed by atoms with Crippen molar-refractivity contribution in [3.8, 4) is 11.8 Å². The fourth-order valence-electron chi connectivity index (χ4n) is 2.38. The molecule has 108 valence electrons. The molecule has 1 saturated heterocycles. The van der Waals surface area contributed by atoms with Gasteiger partial charge in [0.05, 0.1) is 5.56 Å². The third kappa shape index (κ3) is 2.92. The summed E-state index contributed by atoms with van der Waals surface area (Å²) in [4.78, 5) is 1.63. The first-order valence-electron chi connectivity index (χ1n) is 6.20. The summed E-state index contributed by atoms with van der Waals surface area (Å²) in [5, 5.41) is 22.1. The second-order valence-electron chi connectivity index (χ2n) is 4.53. The Morgan fingerprint density at radius 3 is 2.55 bits per heavy atom. The Labute approximate surface area is 124 Å². The van der Waals surface area contributed by atoms with E-state index in [1.807, 2.05) is 6.07 Å². The number of nitriles is 1. The molecule has 0 unspecified atom stereocenters. The molecule has 1 fully saturated rings. The summed E-state index contributed by atoms with van der Waals surface area (Å²) in [6.07, 6.45) is -2.65. The van der Waals surface area contributed by atoms with Gasteiger partial charge in [0.2, 0.25) is 0 Å². The lowest BCUT2D eigenvalue weighted by molar-refractivity contribution is 0.0166. The summed E-state index contributed by atoms with van der Waals surface area (Å²) in [5.74, 6) is -0.370. The first-order valence-corrected chi connectivity index (χ1v) is 7.00. The van der Waals surface area contributed by atoms with E-state index in [-0.39, 0.29) is 16.9 Å². The maximum Gasteiger partial charge on any atom is 0.258 e. The molecule has 0 radical (unpaired) electrons. The molecule has 2 N–H and O–H groups in total. The minimum absolute atomic E-state index is 0.00369. The van der Waals surface area contributed by atoms with Crippen LogP contribution in [0.5, 0.6) is 5.75 Å². The van der Waals surface area contributed by atoms with Crippen molar-refractivity contribution in [2.24, 2.45) is 0 Å². The van der Waals surface area contributed by atoms with Crippen molar-refractivity contribution >= 4 is 15.9 Å². The van der Waals surface area contributed by atoms with Crippen LogP contribution in [0.2, 0.25) is 0 Å². The molecule has 1 atom stereocenters. The zero-order chi connectivity index (χ0) is 14.7. The molecule has 1 aliphatic rings. The normalized spacial score (nSPS) is 17.9. The molecule has 0 aliphatic carbocycles. The fraction of sp³-hybridized carbons (Fsp3) is 0.462. The number of phenolic OH excluding ortho intramolecular Hbond substituents is 1. The van der Waals surface area contributed by atoms with Crippen LogP contribution in [0.1, 0.15) is 17.2 Å². The van der Waals surface area contributed by atoms with Crippen LogP contribution >= 0.6 is 15.9 Å². The topological polar surface area (TPSA) is 59.3 Å². The van der Waals surface area contributed by atoms with Gasteiger partial charge in [0.15, 0.2) is 0 Å². The Bertz CT molecular complexity index is 527. The van der Waals surface area contributed by atoms with Crippen molar-refractivity contribution in [3.05, 3.63) is 27.7 Å². The van der Waals surface area contributed by atoms with Gasteiger partial charge in [-0.05, 0) is 12.1 Å². The summed E-state index contributed by atoms with van der Waals surface area (Å²) < 4.78 is 27.4. The first-order chi connectivity index (χ1) is 9.56. The minimum atomic E-state index is -2.65. The number of alkyl halides is 2. The molecule has 0 bridgehead atoms. The zero-order valence-corrected chi connectivity index (χ0v) is 12.2. The lowest BCUT2D eigenvalue weighted by Crippen LogP contribution is -2.47.